The Bertz CT molecular complexity index is 2300. The van der Waals surface area contributed by atoms with Crippen molar-refractivity contribution in [2.24, 2.45) is 0 Å². The molecule has 0 saturated heterocycles. The quantitative estimate of drug-likeness (QED) is 0.221. The maximum atomic E-state index is 13.9. The Labute approximate surface area is 225 Å². The van der Waals surface area contributed by atoms with Gasteiger partial charge in [0, 0.05) is 32.9 Å². The maximum Gasteiger partial charge on any atom is 0.123 e. The Kier molecular flexibility index (Phi) is 4.52. The van der Waals surface area contributed by atoms with Gasteiger partial charge in [0.2, 0.25) is 0 Å². The lowest BCUT2D eigenvalue weighted by Gasteiger charge is -2.09. The van der Waals surface area contributed by atoms with Crippen molar-refractivity contribution in [2.75, 3.05) is 0 Å². The zero-order valence-corrected chi connectivity index (χ0v) is 21.1. The minimum atomic E-state index is -0.305. The SMILES string of the molecule is N#Cc1ccc2c3c4c5c6ccccc6ccc5n(-c5ccc(F)cc5)c4sc3n(-c3ccc(F)cc3)c2c1. The Balaban J connectivity index is 1.64. The van der Waals surface area contributed by atoms with Gasteiger partial charge in [-0.05, 0) is 77.5 Å². The summed E-state index contributed by atoms with van der Waals surface area (Å²) < 4.78 is 32.1. The highest BCUT2D eigenvalue weighted by atomic mass is 32.1. The molecule has 0 radical (unpaired) electrons. The maximum absolute atomic E-state index is 13.9. The number of rotatable bonds is 2. The second-order valence-corrected chi connectivity index (χ2v) is 10.6. The average molecular weight is 526 g/mol. The Morgan fingerprint density at radius 2 is 1.23 bits per heavy atom. The molecule has 0 bridgehead atoms. The molecule has 0 aliphatic carbocycles. The smallest absolute Gasteiger partial charge is 0.123 e. The van der Waals surface area contributed by atoms with E-state index in [4.69, 9.17) is 0 Å². The minimum absolute atomic E-state index is 0.282. The molecule has 3 nitrogen and oxygen atoms in total. The summed E-state index contributed by atoms with van der Waals surface area (Å²) in [5.74, 6) is -0.587. The lowest BCUT2D eigenvalue weighted by Crippen LogP contribution is -1.94. The second kappa shape index (κ2) is 8.00. The van der Waals surface area contributed by atoms with Crippen LogP contribution >= 0.6 is 11.3 Å². The van der Waals surface area contributed by atoms with Gasteiger partial charge in [-0.15, -0.1) is 0 Å². The highest BCUT2D eigenvalue weighted by Crippen LogP contribution is 2.49. The Morgan fingerprint density at radius 1 is 0.590 bits per heavy atom. The molecule has 6 heteroatoms. The molecule has 8 aromatic rings. The molecule has 0 aliphatic heterocycles. The van der Waals surface area contributed by atoms with Crippen LogP contribution in [0.25, 0.3) is 64.4 Å². The van der Waals surface area contributed by atoms with Crippen LogP contribution in [-0.2, 0) is 0 Å². The highest BCUT2D eigenvalue weighted by Gasteiger charge is 2.25. The number of hydrogen-bond donors (Lipinski definition) is 0. The van der Waals surface area contributed by atoms with Crippen LogP contribution in [0.2, 0.25) is 0 Å². The van der Waals surface area contributed by atoms with Crippen LogP contribution in [0.15, 0.2) is 103 Å². The largest absolute Gasteiger partial charge is 0.301 e. The van der Waals surface area contributed by atoms with Crippen LogP contribution < -0.4 is 0 Å². The van der Waals surface area contributed by atoms with Gasteiger partial charge in [-0.1, -0.05) is 47.7 Å². The molecular weight excluding hydrogens is 508 g/mol. The van der Waals surface area contributed by atoms with Crippen molar-refractivity contribution in [1.82, 2.24) is 9.13 Å². The number of benzene rings is 5. The number of aromatic nitrogens is 2. The number of thiophene rings is 1. The summed E-state index contributed by atoms with van der Waals surface area (Å²) in [4.78, 5) is 2.04. The van der Waals surface area contributed by atoms with Crippen molar-refractivity contribution < 1.29 is 8.78 Å². The topological polar surface area (TPSA) is 33.6 Å². The molecule has 0 fully saturated rings. The third kappa shape index (κ3) is 3.05. The van der Waals surface area contributed by atoms with Gasteiger partial charge in [0.25, 0.3) is 0 Å². The number of halogens is 2. The molecule has 0 spiro atoms. The monoisotopic (exact) mass is 525 g/mol. The van der Waals surface area contributed by atoms with E-state index in [9.17, 15) is 14.0 Å². The zero-order valence-electron chi connectivity index (χ0n) is 20.3. The molecule has 0 aliphatic rings. The Morgan fingerprint density at radius 3 is 1.92 bits per heavy atom. The van der Waals surface area contributed by atoms with E-state index in [0.29, 0.717) is 5.56 Å². The molecule has 184 valence electrons. The first-order valence-electron chi connectivity index (χ1n) is 12.5. The summed E-state index contributed by atoms with van der Waals surface area (Å²) in [5.41, 5.74) is 4.19. The molecular formula is C33H17F2N3S. The lowest BCUT2D eigenvalue weighted by molar-refractivity contribution is 0.627. The lowest BCUT2D eigenvalue weighted by atomic mass is 10.0. The first-order chi connectivity index (χ1) is 19.1. The van der Waals surface area contributed by atoms with Crippen LogP contribution in [0.1, 0.15) is 5.56 Å². The van der Waals surface area contributed by atoms with Crippen LogP contribution in [0.5, 0.6) is 0 Å². The summed E-state index contributed by atoms with van der Waals surface area (Å²) in [6.45, 7) is 0. The van der Waals surface area contributed by atoms with Crippen molar-refractivity contribution in [2.45, 2.75) is 0 Å². The normalized spacial score (nSPS) is 11.8. The molecule has 5 aromatic carbocycles. The molecule has 0 N–H and O–H groups in total. The fraction of sp³-hybridized carbons (Fsp3) is 0. The van der Waals surface area contributed by atoms with Gasteiger partial charge < -0.3 is 9.13 Å². The predicted octanol–water partition coefficient (Wildman–Crippen LogP) is 9.25. The van der Waals surface area contributed by atoms with Gasteiger partial charge in [0.05, 0.1) is 22.7 Å². The van der Waals surface area contributed by atoms with Crippen molar-refractivity contribution in [1.29, 1.82) is 5.26 Å². The van der Waals surface area contributed by atoms with Crippen molar-refractivity contribution >= 4 is 64.3 Å². The molecule has 0 unspecified atom stereocenters. The van der Waals surface area contributed by atoms with Gasteiger partial charge in [0.1, 0.15) is 21.3 Å². The van der Waals surface area contributed by atoms with E-state index in [1.165, 1.54) is 24.3 Å². The summed E-state index contributed by atoms with van der Waals surface area (Å²) in [7, 11) is 0. The fourth-order valence-corrected chi connectivity index (χ4v) is 7.22. The van der Waals surface area contributed by atoms with Crippen LogP contribution in [0.4, 0.5) is 8.78 Å². The van der Waals surface area contributed by atoms with Gasteiger partial charge in [0.15, 0.2) is 0 Å². The Hall–Kier alpha value is -4.99. The molecule has 0 saturated carbocycles. The van der Waals surface area contributed by atoms with Crippen molar-refractivity contribution in [3.63, 3.8) is 0 Å². The van der Waals surface area contributed by atoms with E-state index in [-0.39, 0.29) is 11.6 Å². The van der Waals surface area contributed by atoms with Gasteiger partial charge in [-0.3, -0.25) is 0 Å². The first-order valence-corrected chi connectivity index (χ1v) is 13.3. The van der Waals surface area contributed by atoms with E-state index in [1.54, 1.807) is 35.6 Å². The van der Waals surface area contributed by atoms with E-state index < -0.39 is 0 Å². The van der Waals surface area contributed by atoms with Crippen LogP contribution in [0, 0.1) is 23.0 Å². The molecule has 3 aromatic heterocycles. The third-order valence-electron chi connectivity index (χ3n) is 7.48. The van der Waals surface area contributed by atoms with Crippen molar-refractivity contribution in [3.05, 3.63) is 120 Å². The second-order valence-electron chi connectivity index (χ2n) is 9.61. The standard InChI is InChI=1S/C33H17F2N3S/c34-21-7-11-23(12-8-21)37-27-16-6-20-3-1-2-4-25(20)29(27)31-30-26-15-5-19(18-36)17-28(26)38(32(30)39-33(31)37)24-13-9-22(35)10-14-24/h1-17H. The van der Waals surface area contributed by atoms with E-state index in [2.05, 4.69) is 39.5 Å². The third-order valence-corrected chi connectivity index (χ3v) is 8.64. The van der Waals surface area contributed by atoms with Crippen molar-refractivity contribution in [3.8, 4) is 17.4 Å². The summed E-state index contributed by atoms with van der Waals surface area (Å²) >= 11 is 1.64. The average Bonchev–Trinajstić information content (AvgIpc) is 3.59. The zero-order chi connectivity index (χ0) is 26.2. The van der Waals surface area contributed by atoms with Gasteiger partial charge in [-0.25, -0.2) is 8.78 Å². The minimum Gasteiger partial charge on any atom is -0.301 e. The number of nitriles is 1. The summed E-state index contributed by atoms with van der Waals surface area (Å²) in [5, 5.41) is 16.3. The van der Waals surface area contributed by atoms with Crippen LogP contribution in [0.3, 0.4) is 0 Å². The predicted molar refractivity (Wildman–Crippen MR) is 155 cm³/mol. The van der Waals surface area contributed by atoms with E-state index in [1.807, 2.05) is 30.3 Å². The summed E-state index contributed by atoms with van der Waals surface area (Å²) in [6, 6.07) is 33.6. The molecule has 8 rings (SSSR count). The van der Waals surface area contributed by atoms with Crippen LogP contribution in [-0.4, -0.2) is 9.13 Å². The highest BCUT2D eigenvalue weighted by molar-refractivity contribution is 7.25. The first kappa shape index (κ1) is 22.0. The number of nitrogens with zero attached hydrogens (tertiary/aromatic N) is 3. The summed E-state index contributed by atoms with van der Waals surface area (Å²) in [6.07, 6.45) is 0. The fourth-order valence-electron chi connectivity index (χ4n) is 5.82. The molecule has 3 heterocycles. The van der Waals surface area contributed by atoms with E-state index >= 15 is 0 Å². The van der Waals surface area contributed by atoms with Gasteiger partial charge in [-0.2, -0.15) is 5.26 Å². The van der Waals surface area contributed by atoms with E-state index in [0.717, 1.165) is 64.4 Å². The molecule has 0 amide bonds. The molecule has 0 atom stereocenters. The molecule has 39 heavy (non-hydrogen) atoms. The number of hydrogen-bond acceptors (Lipinski definition) is 2. The number of fused-ring (bicyclic) bond motifs is 9. The van der Waals surface area contributed by atoms with Gasteiger partial charge >= 0.3 is 0 Å².